The molecule has 7 heteroatoms. The Bertz CT molecular complexity index is 596. The molecule has 1 aromatic carbocycles. The Balaban J connectivity index is 2.41. The van der Waals surface area contributed by atoms with Gasteiger partial charge in [-0.3, -0.25) is 0 Å². The van der Waals surface area contributed by atoms with Crippen molar-refractivity contribution in [3.05, 3.63) is 39.3 Å². The molecule has 0 aromatic heterocycles. The van der Waals surface area contributed by atoms with Crippen molar-refractivity contribution in [2.24, 2.45) is 0 Å². The van der Waals surface area contributed by atoms with Crippen LogP contribution < -0.4 is 5.32 Å². The Morgan fingerprint density at radius 2 is 1.78 bits per heavy atom. The van der Waals surface area contributed by atoms with Gasteiger partial charge in [-0.25, -0.2) is 8.78 Å². The largest absolute Gasteiger partial charge is 0.491 e. The van der Waals surface area contributed by atoms with E-state index in [1.807, 2.05) is 27.7 Å². The van der Waals surface area contributed by atoms with Gasteiger partial charge in [0.2, 0.25) is 0 Å². The fourth-order valence-corrected chi connectivity index (χ4v) is 2.80. The summed E-state index contributed by atoms with van der Waals surface area (Å²) < 4.78 is 39.7. The summed E-state index contributed by atoms with van der Waals surface area (Å²) in [5, 5.41) is 3.03. The highest BCUT2D eigenvalue weighted by atomic mass is 79.9. The van der Waals surface area contributed by atoms with Crippen LogP contribution in [-0.2, 0) is 9.31 Å². The Hall–Kier alpha value is -0.755. The summed E-state index contributed by atoms with van der Waals surface area (Å²) in [6, 6.07) is 2.09. The monoisotopic (exact) mass is 387 g/mol. The van der Waals surface area contributed by atoms with Crippen molar-refractivity contribution in [3.63, 3.8) is 0 Å². The van der Waals surface area contributed by atoms with E-state index in [4.69, 9.17) is 9.31 Å². The Labute approximate surface area is 144 Å². The molecule has 23 heavy (non-hydrogen) atoms. The van der Waals surface area contributed by atoms with E-state index < -0.39 is 30.0 Å². The number of nitrogens with one attached hydrogen (secondary N) is 1. The summed E-state index contributed by atoms with van der Waals surface area (Å²) in [4.78, 5) is 0. The fourth-order valence-electron chi connectivity index (χ4n) is 2.28. The molecule has 1 aromatic rings. The SMILES string of the molecule is CNCC(=Cc1c(F)cc(F)cc1Br)B1OC(C)(C)C(C)(C)O1. The molecule has 1 aliphatic rings. The third-order valence-corrected chi connectivity index (χ3v) is 4.97. The van der Waals surface area contributed by atoms with E-state index in [1.54, 1.807) is 13.1 Å². The number of hydrogen-bond donors (Lipinski definition) is 1. The molecule has 0 bridgehead atoms. The summed E-state index contributed by atoms with van der Waals surface area (Å²) in [6.07, 6.45) is 1.64. The van der Waals surface area contributed by atoms with Crippen LogP contribution in [0.2, 0.25) is 0 Å². The predicted molar refractivity (Wildman–Crippen MR) is 92.0 cm³/mol. The van der Waals surface area contributed by atoms with Crippen LogP contribution in [0.25, 0.3) is 6.08 Å². The fraction of sp³-hybridized carbons (Fsp3) is 0.500. The normalized spacial score (nSPS) is 20.2. The van der Waals surface area contributed by atoms with Crippen molar-refractivity contribution in [2.75, 3.05) is 13.6 Å². The molecule has 0 unspecified atom stereocenters. The Morgan fingerprint density at radius 3 is 2.26 bits per heavy atom. The molecule has 0 amide bonds. The smallest absolute Gasteiger partial charge is 0.400 e. The minimum absolute atomic E-state index is 0.270. The van der Waals surface area contributed by atoms with Gasteiger partial charge in [0.05, 0.1) is 11.2 Å². The maximum absolute atomic E-state index is 14.1. The second-order valence-corrected chi connectivity index (χ2v) is 7.48. The molecule has 2 rings (SSSR count). The van der Waals surface area contributed by atoms with E-state index in [0.29, 0.717) is 11.0 Å². The maximum atomic E-state index is 14.1. The highest BCUT2D eigenvalue weighted by Gasteiger charge is 2.52. The molecule has 126 valence electrons. The molecule has 0 atom stereocenters. The lowest BCUT2D eigenvalue weighted by molar-refractivity contribution is 0.00578. The first-order valence-corrected chi connectivity index (χ1v) is 8.22. The molecule has 1 fully saturated rings. The second-order valence-electron chi connectivity index (χ2n) is 6.62. The van der Waals surface area contributed by atoms with Gasteiger partial charge in [0.25, 0.3) is 0 Å². The molecule has 0 radical (unpaired) electrons. The lowest BCUT2D eigenvalue weighted by Crippen LogP contribution is -2.41. The molecular formula is C16H21BBrF2NO2. The minimum Gasteiger partial charge on any atom is -0.400 e. The lowest BCUT2D eigenvalue weighted by atomic mass is 9.77. The average Bonchev–Trinajstić information content (AvgIpc) is 2.61. The third-order valence-electron chi connectivity index (χ3n) is 4.31. The van der Waals surface area contributed by atoms with Crippen molar-refractivity contribution < 1.29 is 18.1 Å². The first kappa shape index (κ1) is 18.6. The highest BCUT2D eigenvalue weighted by molar-refractivity contribution is 9.10. The van der Waals surface area contributed by atoms with Gasteiger partial charge in [0.15, 0.2) is 0 Å². The first-order chi connectivity index (χ1) is 10.6. The first-order valence-electron chi connectivity index (χ1n) is 7.42. The zero-order valence-corrected chi connectivity index (χ0v) is 15.6. The van der Waals surface area contributed by atoms with E-state index in [0.717, 1.165) is 11.5 Å². The van der Waals surface area contributed by atoms with Crippen molar-refractivity contribution in [3.8, 4) is 0 Å². The molecule has 1 heterocycles. The Morgan fingerprint density at radius 1 is 1.22 bits per heavy atom. The van der Waals surface area contributed by atoms with Crippen molar-refractivity contribution in [1.82, 2.24) is 5.32 Å². The second kappa shape index (κ2) is 6.63. The van der Waals surface area contributed by atoms with E-state index in [9.17, 15) is 8.78 Å². The summed E-state index contributed by atoms with van der Waals surface area (Å²) in [5.41, 5.74) is 0.0373. The topological polar surface area (TPSA) is 30.5 Å². The quantitative estimate of drug-likeness (QED) is 0.793. The van der Waals surface area contributed by atoms with E-state index >= 15 is 0 Å². The molecule has 1 saturated heterocycles. The van der Waals surface area contributed by atoms with Gasteiger partial charge < -0.3 is 14.6 Å². The predicted octanol–water partition coefficient (Wildman–Crippen LogP) is 3.96. The summed E-state index contributed by atoms with van der Waals surface area (Å²) >= 11 is 3.20. The average molecular weight is 388 g/mol. The number of halogens is 3. The van der Waals surface area contributed by atoms with Gasteiger partial charge in [-0.1, -0.05) is 6.08 Å². The maximum Gasteiger partial charge on any atom is 0.491 e. The zero-order chi connectivity index (χ0) is 17.4. The van der Waals surface area contributed by atoms with Crippen molar-refractivity contribution >= 4 is 29.1 Å². The van der Waals surface area contributed by atoms with Crippen LogP contribution in [0.1, 0.15) is 33.3 Å². The number of rotatable bonds is 4. The van der Waals surface area contributed by atoms with Gasteiger partial charge in [0.1, 0.15) is 11.6 Å². The number of benzene rings is 1. The lowest BCUT2D eigenvalue weighted by Gasteiger charge is -2.32. The van der Waals surface area contributed by atoms with Crippen LogP contribution in [0.3, 0.4) is 0 Å². The molecule has 0 saturated carbocycles. The Kier molecular flexibility index (Phi) is 5.35. The van der Waals surface area contributed by atoms with E-state index in [1.165, 1.54) is 6.07 Å². The van der Waals surface area contributed by atoms with Gasteiger partial charge in [-0.15, -0.1) is 0 Å². The standard InChI is InChI=1S/C16H21BBrF2NO2/c1-15(2)16(3,4)23-17(22-15)10(9-21-5)6-12-13(18)7-11(19)8-14(12)20/h6-8,21H,9H2,1-5H3. The van der Waals surface area contributed by atoms with Crippen LogP contribution in [0, 0.1) is 11.6 Å². The summed E-state index contributed by atoms with van der Waals surface area (Å²) in [5.74, 6) is -1.26. The van der Waals surface area contributed by atoms with Gasteiger partial charge in [-0.05, 0) is 62.2 Å². The highest BCUT2D eigenvalue weighted by Crippen LogP contribution is 2.39. The molecular weight excluding hydrogens is 367 g/mol. The molecule has 1 aliphatic heterocycles. The van der Waals surface area contributed by atoms with E-state index in [2.05, 4.69) is 21.2 Å². The van der Waals surface area contributed by atoms with Crippen LogP contribution >= 0.6 is 15.9 Å². The van der Waals surface area contributed by atoms with Gasteiger partial charge in [0, 0.05) is 22.6 Å². The van der Waals surface area contributed by atoms with Crippen molar-refractivity contribution in [2.45, 2.75) is 38.9 Å². The summed E-state index contributed by atoms with van der Waals surface area (Å²) in [6.45, 7) is 8.29. The van der Waals surface area contributed by atoms with Crippen LogP contribution in [0.4, 0.5) is 8.78 Å². The number of hydrogen-bond acceptors (Lipinski definition) is 3. The van der Waals surface area contributed by atoms with Crippen LogP contribution in [-0.4, -0.2) is 31.9 Å². The van der Waals surface area contributed by atoms with Gasteiger partial charge in [-0.2, -0.15) is 0 Å². The van der Waals surface area contributed by atoms with Crippen LogP contribution in [0.5, 0.6) is 0 Å². The molecule has 0 spiro atoms. The number of likely N-dealkylation sites (N-methyl/N-ethyl adjacent to an activating group) is 1. The van der Waals surface area contributed by atoms with Gasteiger partial charge >= 0.3 is 7.12 Å². The zero-order valence-electron chi connectivity index (χ0n) is 14.0. The summed E-state index contributed by atoms with van der Waals surface area (Å²) in [7, 11) is 1.19. The molecule has 1 N–H and O–H groups in total. The van der Waals surface area contributed by atoms with Crippen molar-refractivity contribution in [1.29, 1.82) is 0 Å². The van der Waals surface area contributed by atoms with Crippen LogP contribution in [0.15, 0.2) is 22.1 Å². The third kappa shape index (κ3) is 3.84. The van der Waals surface area contributed by atoms with E-state index in [-0.39, 0.29) is 5.56 Å². The molecule has 0 aliphatic carbocycles. The molecule has 3 nitrogen and oxygen atoms in total. The minimum atomic E-state index is -0.637.